The zero-order chi connectivity index (χ0) is 14.2. The Kier molecular flexibility index (Phi) is 3.54. The Hall–Kier alpha value is -1.55. The number of nitrogens with one attached hydrogen (secondary N) is 1. The van der Waals surface area contributed by atoms with Crippen LogP contribution >= 0.6 is 12.2 Å². The number of H-pyrrole nitrogens is 1. The minimum atomic E-state index is -0.247. The first-order valence-corrected chi connectivity index (χ1v) is 6.56. The molecule has 100 valence electrons. The summed E-state index contributed by atoms with van der Waals surface area (Å²) >= 11 is 5.20. The summed E-state index contributed by atoms with van der Waals surface area (Å²) in [6, 6.07) is 6.69. The van der Waals surface area contributed by atoms with Gasteiger partial charge in [0.1, 0.15) is 16.3 Å². The van der Waals surface area contributed by atoms with Crippen molar-refractivity contribution in [2.24, 2.45) is 0 Å². The van der Waals surface area contributed by atoms with Crippen LogP contribution in [0.3, 0.4) is 0 Å². The standard InChI is InChI=1S/C15H17FN2S/c1-9-5-10(7-11(16)6-9)12-8-13(19)18-14(17-12)15(2,3)4/h5-8H,1-4H3,(H,17,18,19). The molecule has 1 aromatic heterocycles. The summed E-state index contributed by atoms with van der Waals surface area (Å²) in [5.41, 5.74) is 2.33. The third kappa shape index (κ3) is 3.26. The zero-order valence-electron chi connectivity index (χ0n) is 11.5. The van der Waals surface area contributed by atoms with Gasteiger partial charge in [0.05, 0.1) is 0 Å². The van der Waals surface area contributed by atoms with Gasteiger partial charge in [0.15, 0.2) is 0 Å². The van der Waals surface area contributed by atoms with Gasteiger partial charge >= 0.3 is 0 Å². The molecule has 0 aliphatic carbocycles. The summed E-state index contributed by atoms with van der Waals surface area (Å²) in [6.07, 6.45) is 0. The van der Waals surface area contributed by atoms with Crippen LogP contribution in [0.2, 0.25) is 0 Å². The van der Waals surface area contributed by atoms with Crippen LogP contribution in [0.5, 0.6) is 0 Å². The second-order valence-electron chi connectivity index (χ2n) is 5.75. The molecule has 2 aromatic rings. The minimum absolute atomic E-state index is 0.133. The van der Waals surface area contributed by atoms with E-state index in [-0.39, 0.29) is 11.2 Å². The molecule has 0 bridgehead atoms. The number of hydrogen-bond donors (Lipinski definition) is 1. The van der Waals surface area contributed by atoms with Gasteiger partial charge in [0.2, 0.25) is 0 Å². The lowest BCUT2D eigenvalue weighted by Crippen LogP contribution is -2.16. The van der Waals surface area contributed by atoms with Crippen LogP contribution in [0.1, 0.15) is 32.2 Å². The maximum atomic E-state index is 13.5. The van der Waals surface area contributed by atoms with Crippen molar-refractivity contribution in [2.45, 2.75) is 33.1 Å². The van der Waals surface area contributed by atoms with E-state index in [1.165, 1.54) is 12.1 Å². The van der Waals surface area contributed by atoms with Crippen LogP contribution < -0.4 is 0 Å². The molecule has 0 atom stereocenters. The number of benzene rings is 1. The molecule has 2 rings (SSSR count). The fourth-order valence-electron chi connectivity index (χ4n) is 1.86. The van der Waals surface area contributed by atoms with Crippen molar-refractivity contribution in [2.75, 3.05) is 0 Å². The van der Waals surface area contributed by atoms with E-state index in [4.69, 9.17) is 12.2 Å². The number of aromatic amines is 1. The summed E-state index contributed by atoms with van der Waals surface area (Å²) < 4.78 is 14.0. The number of aryl methyl sites for hydroxylation is 1. The van der Waals surface area contributed by atoms with Crippen LogP contribution in [0, 0.1) is 17.4 Å². The molecule has 0 amide bonds. The summed E-state index contributed by atoms with van der Waals surface area (Å²) in [5, 5.41) is 0. The number of halogens is 1. The first-order valence-electron chi connectivity index (χ1n) is 6.15. The fraction of sp³-hybridized carbons (Fsp3) is 0.333. The second-order valence-corrected chi connectivity index (χ2v) is 6.17. The molecule has 0 aliphatic rings. The topological polar surface area (TPSA) is 28.7 Å². The Morgan fingerprint density at radius 3 is 2.42 bits per heavy atom. The van der Waals surface area contributed by atoms with Gasteiger partial charge in [-0.25, -0.2) is 9.37 Å². The normalized spacial score (nSPS) is 11.6. The van der Waals surface area contributed by atoms with Gasteiger partial charge in [-0.15, -0.1) is 0 Å². The van der Waals surface area contributed by atoms with Crippen molar-refractivity contribution in [1.29, 1.82) is 0 Å². The fourth-order valence-corrected chi connectivity index (χ4v) is 2.07. The quantitative estimate of drug-likeness (QED) is 0.774. The highest BCUT2D eigenvalue weighted by atomic mass is 32.1. The molecule has 4 heteroatoms. The Morgan fingerprint density at radius 1 is 1.16 bits per heavy atom. The molecule has 0 fully saturated rings. The average Bonchev–Trinajstić information content (AvgIpc) is 2.25. The molecule has 2 nitrogen and oxygen atoms in total. The van der Waals surface area contributed by atoms with E-state index in [1.807, 2.05) is 13.0 Å². The highest BCUT2D eigenvalue weighted by Gasteiger charge is 2.17. The first-order chi connectivity index (χ1) is 8.75. The SMILES string of the molecule is Cc1cc(F)cc(-c2cc(=S)nc(C(C)(C)C)[nH]2)c1. The maximum Gasteiger partial charge on any atom is 0.130 e. The van der Waals surface area contributed by atoms with Crippen LogP contribution in [-0.2, 0) is 5.41 Å². The molecule has 0 unspecified atom stereocenters. The van der Waals surface area contributed by atoms with Crippen molar-refractivity contribution in [3.05, 3.63) is 46.1 Å². The maximum absolute atomic E-state index is 13.5. The Balaban J connectivity index is 2.63. The van der Waals surface area contributed by atoms with E-state index in [1.54, 1.807) is 6.07 Å². The third-order valence-corrected chi connectivity index (χ3v) is 3.02. The van der Waals surface area contributed by atoms with E-state index in [0.29, 0.717) is 4.64 Å². The van der Waals surface area contributed by atoms with Crippen molar-refractivity contribution in [3.63, 3.8) is 0 Å². The molecule has 1 aromatic carbocycles. The predicted molar refractivity (Wildman–Crippen MR) is 78.3 cm³/mol. The highest BCUT2D eigenvalue weighted by molar-refractivity contribution is 7.71. The van der Waals surface area contributed by atoms with Crippen LogP contribution in [-0.4, -0.2) is 9.97 Å². The van der Waals surface area contributed by atoms with E-state index in [9.17, 15) is 4.39 Å². The van der Waals surface area contributed by atoms with Crippen LogP contribution in [0.25, 0.3) is 11.3 Å². The lowest BCUT2D eigenvalue weighted by Gasteiger charge is -2.18. The highest BCUT2D eigenvalue weighted by Crippen LogP contribution is 2.24. The number of rotatable bonds is 1. The second kappa shape index (κ2) is 4.85. The largest absolute Gasteiger partial charge is 0.343 e. The minimum Gasteiger partial charge on any atom is -0.343 e. The molecule has 0 saturated heterocycles. The number of aromatic nitrogens is 2. The summed E-state index contributed by atoms with van der Waals surface area (Å²) in [4.78, 5) is 7.59. The van der Waals surface area contributed by atoms with E-state index in [0.717, 1.165) is 22.6 Å². The predicted octanol–water partition coefficient (Wildman–Crippen LogP) is 4.55. The monoisotopic (exact) mass is 276 g/mol. The molecular weight excluding hydrogens is 259 g/mol. The Bertz CT molecular complexity index is 648. The molecule has 1 N–H and O–H groups in total. The van der Waals surface area contributed by atoms with Gasteiger partial charge in [-0.3, -0.25) is 0 Å². The molecule has 0 radical (unpaired) electrons. The van der Waals surface area contributed by atoms with Crippen molar-refractivity contribution in [3.8, 4) is 11.3 Å². The molecule has 19 heavy (non-hydrogen) atoms. The van der Waals surface area contributed by atoms with Crippen molar-refractivity contribution >= 4 is 12.2 Å². The molecule has 0 spiro atoms. The smallest absolute Gasteiger partial charge is 0.130 e. The molecule has 0 aliphatic heterocycles. The summed E-state index contributed by atoms with van der Waals surface area (Å²) in [7, 11) is 0. The summed E-state index contributed by atoms with van der Waals surface area (Å²) in [5.74, 6) is 0.556. The van der Waals surface area contributed by atoms with E-state index < -0.39 is 0 Å². The van der Waals surface area contributed by atoms with Crippen molar-refractivity contribution in [1.82, 2.24) is 9.97 Å². The number of nitrogens with zero attached hydrogens (tertiary/aromatic N) is 1. The lowest BCUT2D eigenvalue weighted by molar-refractivity contribution is 0.545. The third-order valence-electron chi connectivity index (χ3n) is 2.81. The summed E-state index contributed by atoms with van der Waals surface area (Å²) in [6.45, 7) is 8.04. The van der Waals surface area contributed by atoms with Crippen molar-refractivity contribution < 1.29 is 4.39 Å². The van der Waals surface area contributed by atoms with Gasteiger partial charge in [0, 0.05) is 16.7 Å². The van der Waals surface area contributed by atoms with Crippen LogP contribution in [0.4, 0.5) is 4.39 Å². The Morgan fingerprint density at radius 2 is 1.84 bits per heavy atom. The zero-order valence-corrected chi connectivity index (χ0v) is 12.4. The lowest BCUT2D eigenvalue weighted by atomic mass is 9.95. The van der Waals surface area contributed by atoms with Gasteiger partial charge in [-0.05, 0) is 36.8 Å². The van der Waals surface area contributed by atoms with Gasteiger partial charge in [-0.2, -0.15) is 0 Å². The number of hydrogen-bond acceptors (Lipinski definition) is 2. The average molecular weight is 276 g/mol. The molecule has 1 heterocycles. The first kappa shape index (κ1) is 13.9. The van der Waals surface area contributed by atoms with E-state index in [2.05, 4.69) is 30.7 Å². The molecular formula is C15H17FN2S. The van der Waals surface area contributed by atoms with E-state index >= 15 is 0 Å². The Labute approximate surface area is 117 Å². The molecule has 0 saturated carbocycles. The van der Waals surface area contributed by atoms with Gasteiger partial charge in [-0.1, -0.05) is 33.0 Å². The van der Waals surface area contributed by atoms with Gasteiger partial charge < -0.3 is 4.98 Å². The van der Waals surface area contributed by atoms with Crippen LogP contribution in [0.15, 0.2) is 24.3 Å². The van der Waals surface area contributed by atoms with Gasteiger partial charge in [0.25, 0.3) is 0 Å².